The molecule has 6 rings (SSSR count). The largest absolute Gasteiger partial charge is 0.464 e. The quantitative estimate of drug-likeness (QED) is 0.198. The van der Waals surface area contributed by atoms with Gasteiger partial charge < -0.3 is 29.0 Å². The first-order valence-corrected chi connectivity index (χ1v) is 19.6. The Bertz CT molecular complexity index is 2010. The van der Waals surface area contributed by atoms with Crippen molar-refractivity contribution in [1.82, 2.24) is 35.2 Å². The van der Waals surface area contributed by atoms with Gasteiger partial charge in [-0.3, -0.25) is 19.6 Å². The van der Waals surface area contributed by atoms with Crippen molar-refractivity contribution in [2.45, 2.75) is 91.1 Å². The first-order valence-electron chi connectivity index (χ1n) is 18.7. The van der Waals surface area contributed by atoms with Crippen LogP contribution in [0.4, 0.5) is 4.79 Å². The first-order chi connectivity index (χ1) is 25.8. The van der Waals surface area contributed by atoms with Crippen LogP contribution < -0.4 is 10.7 Å². The SMILES string of the molecule is CCn1c(-c2cccnc2[C@H](C)OC)c2c3cc(ccc31)-c1csc(n1)C[C@H](NC(=O)N(C)C[C@H](C)OC)C(=O)N1CCC[C@H](N1)C(=O)OCC(C)(C)C2.S.S.S.S. The van der Waals surface area contributed by atoms with Crippen LogP contribution in [0.5, 0.6) is 0 Å². The molecular weight excluding hydrogens is 835 g/mol. The number of urea groups is 1. The number of thiazole rings is 1. The fraction of sp³-hybridized carbons (Fsp3) is 0.525. The van der Waals surface area contributed by atoms with Crippen LogP contribution in [0.2, 0.25) is 0 Å². The van der Waals surface area contributed by atoms with E-state index in [9.17, 15) is 14.4 Å². The summed E-state index contributed by atoms with van der Waals surface area (Å²) in [4.78, 5) is 52.5. The number of hydrogen-bond acceptors (Lipinski definition) is 10. The lowest BCUT2D eigenvalue weighted by Gasteiger charge is -2.36. The van der Waals surface area contributed by atoms with Crippen molar-refractivity contribution in [2.24, 2.45) is 5.41 Å². The smallest absolute Gasteiger partial charge is 0.324 e. The maximum Gasteiger partial charge on any atom is 0.324 e. The molecule has 0 radical (unpaired) electrons. The number of fused-ring (bicyclic) bond motifs is 6. The number of nitrogens with zero attached hydrogens (tertiary/aromatic N) is 5. The third kappa shape index (κ3) is 11.2. The van der Waals surface area contributed by atoms with E-state index < -0.39 is 29.5 Å². The zero-order valence-corrected chi connectivity index (χ0v) is 39.4. The average Bonchev–Trinajstić information content (AvgIpc) is 3.77. The molecule has 18 heteroatoms. The van der Waals surface area contributed by atoms with E-state index in [1.54, 1.807) is 27.5 Å². The van der Waals surface area contributed by atoms with E-state index in [4.69, 9.17) is 24.2 Å². The number of ether oxygens (including phenoxy) is 3. The van der Waals surface area contributed by atoms with Crippen LogP contribution in [-0.4, -0.2) is 102 Å². The maximum absolute atomic E-state index is 14.1. The van der Waals surface area contributed by atoms with Gasteiger partial charge in [0, 0.05) is 86.3 Å². The standard InChI is InChI=1S/C40H53N7O6S.4H2S/c1-9-46-33-15-14-26-18-28(33)29(36(46)27-12-10-16-41-35(27)25(3)52-8)20-40(4,5)23-53-38(49)30-13-11-17-47(44-30)37(48)31(19-34-42-32(26)22-54-34)43-39(50)45(6)21-24(2)51-7;;;;/h10,12,14-16,18,22,24-25,30-31,44H,9,11,13,17,19-21,23H2,1-8H3,(H,43,50);4*1H2/t24-,25-,30-,31-;;;;/m0..../s1. The predicted molar refractivity (Wildman–Crippen MR) is 250 cm³/mol. The molecule has 1 saturated heterocycles. The molecule has 0 saturated carbocycles. The lowest BCUT2D eigenvalue weighted by atomic mass is 9.84. The van der Waals surface area contributed by atoms with Crippen molar-refractivity contribution in [3.05, 3.63) is 58.2 Å². The fourth-order valence-electron chi connectivity index (χ4n) is 7.37. The van der Waals surface area contributed by atoms with Gasteiger partial charge in [0.25, 0.3) is 5.91 Å². The van der Waals surface area contributed by atoms with Gasteiger partial charge in [0.15, 0.2) is 0 Å². The number of hydrazine groups is 1. The molecule has 4 aromatic rings. The number of pyridine rings is 1. The molecule has 4 atom stereocenters. The van der Waals surface area contributed by atoms with E-state index in [1.807, 2.05) is 25.3 Å². The van der Waals surface area contributed by atoms with E-state index in [1.165, 1.54) is 21.2 Å². The highest BCUT2D eigenvalue weighted by molar-refractivity contribution is 7.59. The maximum atomic E-state index is 14.1. The lowest BCUT2D eigenvalue weighted by molar-refractivity contribution is -0.155. The summed E-state index contributed by atoms with van der Waals surface area (Å²) in [5.74, 6) is -0.758. The zero-order valence-electron chi connectivity index (χ0n) is 34.6. The van der Waals surface area contributed by atoms with Gasteiger partial charge in [0.1, 0.15) is 12.1 Å². The lowest BCUT2D eigenvalue weighted by Crippen LogP contribution is -2.61. The van der Waals surface area contributed by atoms with Crippen LogP contribution in [0.1, 0.15) is 69.8 Å². The molecule has 3 aromatic heterocycles. The normalized spacial score (nSPS) is 18.9. The molecule has 58 heavy (non-hydrogen) atoms. The van der Waals surface area contributed by atoms with Crippen molar-refractivity contribution in [1.29, 1.82) is 0 Å². The number of methoxy groups -OCH3 is 2. The molecule has 2 aliphatic rings. The number of hydrogen-bond donors (Lipinski definition) is 2. The molecule has 2 N–H and O–H groups in total. The Balaban J connectivity index is 0.00000290. The Morgan fingerprint density at radius 1 is 1.14 bits per heavy atom. The second-order valence-corrected chi connectivity index (χ2v) is 16.1. The number of carbonyl (C=O) groups is 3. The Labute approximate surface area is 374 Å². The summed E-state index contributed by atoms with van der Waals surface area (Å²) >= 11 is 1.45. The molecule has 13 nitrogen and oxygen atoms in total. The summed E-state index contributed by atoms with van der Waals surface area (Å²) in [5, 5.41) is 8.18. The summed E-state index contributed by atoms with van der Waals surface area (Å²) in [5.41, 5.74) is 9.52. The van der Waals surface area contributed by atoms with Crippen molar-refractivity contribution >= 4 is 94.1 Å². The van der Waals surface area contributed by atoms with E-state index in [0.29, 0.717) is 37.4 Å². The number of carbonyl (C=O) groups excluding carboxylic acids is 3. The van der Waals surface area contributed by atoms with E-state index in [0.717, 1.165) is 51.2 Å². The molecular formula is C40H61N7O6S5. The summed E-state index contributed by atoms with van der Waals surface area (Å²) in [6, 6.07) is 8.43. The second-order valence-electron chi connectivity index (χ2n) is 15.1. The molecule has 0 unspecified atom stereocenters. The van der Waals surface area contributed by atoms with Gasteiger partial charge in [-0.2, -0.15) is 54.0 Å². The topological polar surface area (TPSA) is 140 Å². The molecule has 0 aliphatic carbocycles. The van der Waals surface area contributed by atoms with Crippen LogP contribution in [0.15, 0.2) is 41.9 Å². The number of amides is 3. The van der Waals surface area contributed by atoms with E-state index in [-0.39, 0.29) is 85.1 Å². The molecule has 0 spiro atoms. The van der Waals surface area contributed by atoms with Crippen molar-refractivity contribution < 1.29 is 28.6 Å². The Hall–Kier alpha value is -2.97. The van der Waals surface area contributed by atoms with Crippen LogP contribution in [0.3, 0.4) is 0 Å². The van der Waals surface area contributed by atoms with E-state index >= 15 is 0 Å². The van der Waals surface area contributed by atoms with Crippen LogP contribution in [0, 0.1) is 5.41 Å². The highest BCUT2D eigenvalue weighted by Crippen LogP contribution is 2.42. The molecule has 1 aromatic carbocycles. The minimum Gasteiger partial charge on any atom is -0.464 e. The number of rotatable bonds is 8. The second kappa shape index (κ2) is 22.0. The minimum absolute atomic E-state index is 0. The van der Waals surface area contributed by atoms with Crippen molar-refractivity contribution in [3.8, 4) is 22.5 Å². The average molecular weight is 896 g/mol. The van der Waals surface area contributed by atoms with Crippen molar-refractivity contribution in [3.63, 3.8) is 0 Å². The number of cyclic esters (lactones) is 1. The third-order valence-corrected chi connectivity index (χ3v) is 11.3. The van der Waals surface area contributed by atoms with Crippen LogP contribution in [-0.2, 0) is 43.2 Å². The van der Waals surface area contributed by atoms with Gasteiger partial charge in [-0.15, -0.1) is 11.3 Å². The molecule has 1 fully saturated rings. The minimum atomic E-state index is -0.935. The molecule has 3 amide bonds. The number of aromatic nitrogens is 3. The van der Waals surface area contributed by atoms with Crippen LogP contribution >= 0.6 is 65.3 Å². The third-order valence-electron chi connectivity index (χ3n) is 10.4. The summed E-state index contributed by atoms with van der Waals surface area (Å²) in [6.45, 7) is 11.9. The molecule has 5 heterocycles. The van der Waals surface area contributed by atoms with Gasteiger partial charge in [-0.25, -0.2) is 15.2 Å². The molecule has 322 valence electrons. The highest BCUT2D eigenvalue weighted by Gasteiger charge is 2.36. The number of benzene rings is 1. The molecule has 2 aliphatic heterocycles. The number of nitrogens with one attached hydrogen (secondary N) is 2. The molecule has 6 bridgehead atoms. The van der Waals surface area contributed by atoms with E-state index in [2.05, 4.69) is 60.3 Å². The number of likely N-dealkylation sites (N-methyl/N-ethyl adjacent to an activating group) is 1. The number of aryl methyl sites for hydroxylation is 1. The first kappa shape index (κ1) is 51.2. The van der Waals surface area contributed by atoms with Gasteiger partial charge in [-0.05, 0) is 69.9 Å². The Morgan fingerprint density at radius 3 is 2.57 bits per heavy atom. The fourth-order valence-corrected chi connectivity index (χ4v) is 8.22. The summed E-state index contributed by atoms with van der Waals surface area (Å²) in [6.07, 6.45) is 3.29. The van der Waals surface area contributed by atoms with Gasteiger partial charge in [0.05, 0.1) is 40.9 Å². The number of esters is 1. The summed E-state index contributed by atoms with van der Waals surface area (Å²) in [7, 11) is 4.95. The zero-order chi connectivity index (χ0) is 38.7. The Morgan fingerprint density at radius 2 is 1.88 bits per heavy atom. The van der Waals surface area contributed by atoms with Gasteiger partial charge in [-0.1, -0.05) is 19.9 Å². The van der Waals surface area contributed by atoms with Crippen molar-refractivity contribution in [2.75, 3.05) is 41.0 Å². The Kier molecular flexibility index (Phi) is 19.4. The summed E-state index contributed by atoms with van der Waals surface area (Å²) < 4.78 is 19.5. The van der Waals surface area contributed by atoms with Gasteiger partial charge in [0.2, 0.25) is 0 Å². The van der Waals surface area contributed by atoms with Gasteiger partial charge >= 0.3 is 12.0 Å². The highest BCUT2D eigenvalue weighted by atomic mass is 32.1. The monoisotopic (exact) mass is 895 g/mol. The van der Waals surface area contributed by atoms with Crippen LogP contribution in [0.25, 0.3) is 33.4 Å². The predicted octanol–water partition coefficient (Wildman–Crippen LogP) is 6.21.